The molecule has 2 rings (SSSR count). The van der Waals surface area contributed by atoms with Crippen LogP contribution in [0.25, 0.3) is 0 Å². The van der Waals surface area contributed by atoms with Gasteiger partial charge in [0, 0.05) is 13.1 Å². The Kier molecular flexibility index (Phi) is 4.52. The lowest BCUT2D eigenvalue weighted by Gasteiger charge is -2.08. The zero-order valence-corrected chi connectivity index (χ0v) is 12.2. The zero-order chi connectivity index (χ0) is 14.6. The van der Waals surface area contributed by atoms with Gasteiger partial charge in [0.1, 0.15) is 15.2 Å². The molecule has 0 aliphatic rings. The molecule has 0 atom stereocenters. The topological polar surface area (TPSA) is 96.0 Å². The Labute approximate surface area is 121 Å². The first-order valence-corrected chi connectivity index (χ1v) is 8.13. The molecule has 104 valence electrons. The van der Waals surface area contributed by atoms with E-state index in [0.29, 0.717) is 11.4 Å². The number of nitrogens with one attached hydrogen (secondary N) is 1. The van der Waals surface area contributed by atoms with E-state index in [9.17, 15) is 8.42 Å². The van der Waals surface area contributed by atoms with Crippen molar-refractivity contribution in [3.05, 3.63) is 52.4 Å². The maximum absolute atomic E-state index is 12.1. The highest BCUT2D eigenvalue weighted by atomic mass is 32.2. The third-order valence-corrected chi connectivity index (χ3v) is 5.63. The van der Waals surface area contributed by atoms with E-state index < -0.39 is 10.0 Å². The molecule has 1 aromatic heterocycles. The number of benzene rings is 1. The molecule has 0 bridgehead atoms. The summed E-state index contributed by atoms with van der Waals surface area (Å²) in [4.78, 5) is 0.368. The maximum atomic E-state index is 12.1. The van der Waals surface area contributed by atoms with Gasteiger partial charge in [-0.2, -0.15) is 5.26 Å². The molecular weight excluding hydrogens is 294 g/mol. The quantitative estimate of drug-likeness (QED) is 0.876. The van der Waals surface area contributed by atoms with E-state index in [1.807, 2.05) is 30.3 Å². The van der Waals surface area contributed by atoms with Gasteiger partial charge in [-0.1, -0.05) is 24.3 Å². The lowest BCUT2D eigenvalue weighted by Crippen LogP contribution is -2.23. The molecule has 0 spiro atoms. The van der Waals surface area contributed by atoms with Crippen molar-refractivity contribution >= 4 is 21.4 Å². The molecular formula is C13H13N3O2S2. The van der Waals surface area contributed by atoms with Gasteiger partial charge in [0.25, 0.3) is 0 Å². The van der Waals surface area contributed by atoms with Gasteiger partial charge in [-0.25, -0.2) is 13.1 Å². The second-order valence-electron chi connectivity index (χ2n) is 4.03. The summed E-state index contributed by atoms with van der Waals surface area (Å²) < 4.78 is 26.8. The van der Waals surface area contributed by atoms with Crippen molar-refractivity contribution in [1.82, 2.24) is 4.72 Å². The van der Waals surface area contributed by atoms with Crippen LogP contribution in [-0.2, 0) is 23.1 Å². The second-order valence-corrected chi connectivity index (χ2v) is 7.11. The Hall–Kier alpha value is -1.72. The summed E-state index contributed by atoms with van der Waals surface area (Å²) in [5.74, 6) is 0. The largest absolute Gasteiger partial charge is 0.326 e. The Morgan fingerprint density at radius 3 is 2.50 bits per heavy atom. The zero-order valence-electron chi connectivity index (χ0n) is 10.5. The van der Waals surface area contributed by atoms with E-state index in [4.69, 9.17) is 11.0 Å². The summed E-state index contributed by atoms with van der Waals surface area (Å²) in [7, 11) is -3.60. The lowest BCUT2D eigenvalue weighted by atomic mass is 10.1. The summed E-state index contributed by atoms with van der Waals surface area (Å²) in [5, 5.41) is 8.72. The van der Waals surface area contributed by atoms with Crippen LogP contribution in [0, 0.1) is 11.3 Å². The van der Waals surface area contributed by atoms with Crippen LogP contribution in [0.5, 0.6) is 0 Å². The fraction of sp³-hybridized carbons (Fsp3) is 0.154. The predicted molar refractivity (Wildman–Crippen MR) is 77.4 cm³/mol. The van der Waals surface area contributed by atoms with Crippen molar-refractivity contribution in [1.29, 1.82) is 5.26 Å². The number of nitriles is 1. The molecule has 7 heteroatoms. The molecule has 0 unspecified atom stereocenters. The Balaban J connectivity index is 2.15. The highest BCUT2D eigenvalue weighted by Gasteiger charge is 2.17. The van der Waals surface area contributed by atoms with Gasteiger partial charge >= 0.3 is 0 Å². The number of nitrogens with two attached hydrogens (primary N) is 1. The summed E-state index contributed by atoms with van der Waals surface area (Å²) in [6.07, 6.45) is 0. The van der Waals surface area contributed by atoms with Gasteiger partial charge in [-0.3, -0.25) is 0 Å². The summed E-state index contributed by atoms with van der Waals surface area (Å²) in [6.45, 7) is 0.533. The van der Waals surface area contributed by atoms with E-state index in [1.165, 1.54) is 12.1 Å². The first-order valence-electron chi connectivity index (χ1n) is 5.83. The molecule has 0 radical (unpaired) electrons. The van der Waals surface area contributed by atoms with Gasteiger partial charge in [-0.15, -0.1) is 11.3 Å². The summed E-state index contributed by atoms with van der Waals surface area (Å²) in [5.41, 5.74) is 7.36. The minimum Gasteiger partial charge on any atom is -0.326 e. The van der Waals surface area contributed by atoms with Crippen LogP contribution >= 0.6 is 11.3 Å². The van der Waals surface area contributed by atoms with Gasteiger partial charge in [0.05, 0.1) is 0 Å². The van der Waals surface area contributed by atoms with Crippen LogP contribution in [0.2, 0.25) is 0 Å². The SMILES string of the molecule is N#Cc1ccc(S(=O)(=O)NCc2ccccc2CN)s1. The van der Waals surface area contributed by atoms with Crippen molar-refractivity contribution in [2.24, 2.45) is 5.73 Å². The van der Waals surface area contributed by atoms with E-state index in [0.717, 1.165) is 22.5 Å². The van der Waals surface area contributed by atoms with Crippen molar-refractivity contribution in [3.8, 4) is 6.07 Å². The number of rotatable bonds is 5. The molecule has 5 nitrogen and oxygen atoms in total. The standard InChI is InChI=1S/C13H13N3O2S2/c14-7-10-3-1-2-4-11(10)9-16-20(17,18)13-6-5-12(8-15)19-13/h1-6,16H,7,9,14H2. The van der Waals surface area contributed by atoms with E-state index in [1.54, 1.807) is 0 Å². The third-order valence-electron chi connectivity index (χ3n) is 2.75. The van der Waals surface area contributed by atoms with Crippen LogP contribution in [0.4, 0.5) is 0 Å². The first kappa shape index (κ1) is 14.7. The smallest absolute Gasteiger partial charge is 0.250 e. The van der Waals surface area contributed by atoms with E-state index in [-0.39, 0.29) is 10.8 Å². The number of hydrogen-bond acceptors (Lipinski definition) is 5. The minimum atomic E-state index is -3.60. The molecule has 0 fully saturated rings. The fourth-order valence-electron chi connectivity index (χ4n) is 1.70. The van der Waals surface area contributed by atoms with Crippen molar-refractivity contribution in [2.45, 2.75) is 17.3 Å². The average Bonchev–Trinajstić information content (AvgIpc) is 2.95. The van der Waals surface area contributed by atoms with Gasteiger partial charge in [0.2, 0.25) is 10.0 Å². The molecule has 20 heavy (non-hydrogen) atoms. The Bertz CT molecular complexity index is 745. The van der Waals surface area contributed by atoms with Gasteiger partial charge < -0.3 is 5.73 Å². The first-order chi connectivity index (χ1) is 9.56. The van der Waals surface area contributed by atoms with E-state index >= 15 is 0 Å². The molecule has 0 amide bonds. The third kappa shape index (κ3) is 3.23. The van der Waals surface area contributed by atoms with E-state index in [2.05, 4.69) is 4.72 Å². The van der Waals surface area contributed by atoms with Crippen LogP contribution in [0.1, 0.15) is 16.0 Å². The molecule has 0 aliphatic heterocycles. The molecule has 1 heterocycles. The summed E-state index contributed by atoms with van der Waals surface area (Å²) in [6, 6.07) is 12.2. The van der Waals surface area contributed by atoms with Crippen LogP contribution in [-0.4, -0.2) is 8.42 Å². The highest BCUT2D eigenvalue weighted by Crippen LogP contribution is 2.21. The van der Waals surface area contributed by atoms with Crippen molar-refractivity contribution in [2.75, 3.05) is 0 Å². The molecule has 0 aliphatic carbocycles. The number of hydrogen-bond donors (Lipinski definition) is 2. The highest BCUT2D eigenvalue weighted by molar-refractivity contribution is 7.91. The number of nitrogens with zero attached hydrogens (tertiary/aromatic N) is 1. The van der Waals surface area contributed by atoms with Crippen LogP contribution < -0.4 is 10.5 Å². The molecule has 1 aromatic carbocycles. The molecule has 0 saturated carbocycles. The molecule has 0 saturated heterocycles. The van der Waals surface area contributed by atoms with Crippen LogP contribution in [0.15, 0.2) is 40.6 Å². The van der Waals surface area contributed by atoms with Crippen molar-refractivity contribution < 1.29 is 8.42 Å². The van der Waals surface area contributed by atoms with Crippen LogP contribution in [0.3, 0.4) is 0 Å². The summed E-state index contributed by atoms with van der Waals surface area (Å²) >= 11 is 0.949. The van der Waals surface area contributed by atoms with Crippen molar-refractivity contribution in [3.63, 3.8) is 0 Å². The Morgan fingerprint density at radius 1 is 1.20 bits per heavy atom. The maximum Gasteiger partial charge on any atom is 0.250 e. The monoisotopic (exact) mass is 307 g/mol. The molecule has 2 aromatic rings. The predicted octanol–water partition coefficient (Wildman–Crippen LogP) is 1.56. The average molecular weight is 307 g/mol. The molecule has 3 N–H and O–H groups in total. The fourth-order valence-corrected chi connectivity index (χ4v) is 3.85. The number of sulfonamides is 1. The van der Waals surface area contributed by atoms with Gasteiger partial charge in [0.15, 0.2) is 0 Å². The minimum absolute atomic E-state index is 0.138. The Morgan fingerprint density at radius 2 is 1.90 bits per heavy atom. The lowest BCUT2D eigenvalue weighted by molar-refractivity contribution is 0.583. The normalized spacial score (nSPS) is 11.2. The number of thiophene rings is 1. The van der Waals surface area contributed by atoms with Gasteiger partial charge in [-0.05, 0) is 23.3 Å². The second kappa shape index (κ2) is 6.15.